The Kier molecular flexibility index (Phi) is 4.91. The Labute approximate surface area is 109 Å². The molecule has 0 radical (unpaired) electrons. The minimum Gasteiger partial charge on any atom is -0.481 e. The molecule has 0 bridgehead atoms. The Morgan fingerprint density at radius 3 is 2.11 bits per heavy atom. The van der Waals surface area contributed by atoms with Crippen LogP contribution >= 0.6 is 0 Å². The van der Waals surface area contributed by atoms with E-state index in [1.165, 1.54) is 22.3 Å². The average molecular weight is 249 g/mol. The molecule has 0 fully saturated rings. The van der Waals surface area contributed by atoms with Crippen molar-refractivity contribution in [3.05, 3.63) is 34.4 Å². The highest BCUT2D eigenvalue weighted by molar-refractivity contribution is 5.67. The van der Waals surface area contributed by atoms with Crippen molar-refractivity contribution in [3.63, 3.8) is 0 Å². The fraction of sp³-hybridized carbons (Fsp3) is 0.533. The Bertz CT molecular complexity index is 415. The number of aliphatic carboxylic acids is 1. The monoisotopic (exact) mass is 249 g/mol. The van der Waals surface area contributed by atoms with Crippen LogP contribution in [0.25, 0.3) is 0 Å². The molecule has 1 rings (SSSR count). The van der Waals surface area contributed by atoms with Crippen LogP contribution < -0.4 is 0 Å². The van der Waals surface area contributed by atoms with Gasteiger partial charge in [-0.1, -0.05) is 17.7 Å². The molecule has 1 aromatic carbocycles. The van der Waals surface area contributed by atoms with E-state index < -0.39 is 5.97 Å². The molecule has 0 aliphatic rings. The second-order valence-electron chi connectivity index (χ2n) is 5.30. The van der Waals surface area contributed by atoms with Crippen molar-refractivity contribution in [1.82, 2.24) is 4.90 Å². The van der Waals surface area contributed by atoms with E-state index in [0.717, 1.165) is 6.42 Å². The number of carboxylic acid groups (broad SMARTS) is 1. The predicted octanol–water partition coefficient (Wildman–Crippen LogP) is 2.56. The van der Waals surface area contributed by atoms with Crippen LogP contribution in [0.1, 0.15) is 28.7 Å². The van der Waals surface area contributed by atoms with E-state index in [-0.39, 0.29) is 12.5 Å². The Morgan fingerprint density at radius 2 is 1.72 bits per heavy atom. The highest BCUT2D eigenvalue weighted by Gasteiger charge is 2.18. The van der Waals surface area contributed by atoms with E-state index in [4.69, 9.17) is 5.11 Å². The third-order valence-corrected chi connectivity index (χ3v) is 3.42. The Morgan fingerprint density at radius 1 is 1.22 bits per heavy atom. The topological polar surface area (TPSA) is 40.5 Å². The number of benzene rings is 1. The van der Waals surface area contributed by atoms with Crippen LogP contribution in [0.15, 0.2) is 12.1 Å². The largest absolute Gasteiger partial charge is 0.481 e. The molecule has 1 unspecified atom stereocenters. The summed E-state index contributed by atoms with van der Waals surface area (Å²) in [7, 11) is 3.87. The molecule has 3 heteroatoms. The van der Waals surface area contributed by atoms with Gasteiger partial charge in [-0.25, -0.2) is 0 Å². The van der Waals surface area contributed by atoms with Crippen molar-refractivity contribution in [3.8, 4) is 0 Å². The van der Waals surface area contributed by atoms with Crippen molar-refractivity contribution >= 4 is 5.97 Å². The highest BCUT2D eigenvalue weighted by Crippen LogP contribution is 2.20. The second-order valence-corrected chi connectivity index (χ2v) is 5.30. The van der Waals surface area contributed by atoms with Gasteiger partial charge in [0.05, 0.1) is 6.42 Å². The summed E-state index contributed by atoms with van der Waals surface area (Å²) < 4.78 is 0. The zero-order valence-corrected chi connectivity index (χ0v) is 11.9. The zero-order chi connectivity index (χ0) is 13.9. The van der Waals surface area contributed by atoms with E-state index in [9.17, 15) is 4.79 Å². The molecule has 18 heavy (non-hydrogen) atoms. The van der Waals surface area contributed by atoms with Gasteiger partial charge in [0.25, 0.3) is 0 Å². The van der Waals surface area contributed by atoms with Crippen LogP contribution in [0.5, 0.6) is 0 Å². The molecule has 3 nitrogen and oxygen atoms in total. The van der Waals surface area contributed by atoms with Crippen molar-refractivity contribution in [2.75, 3.05) is 14.1 Å². The number of carbonyl (C=O) groups is 1. The van der Waals surface area contributed by atoms with Crippen molar-refractivity contribution < 1.29 is 9.90 Å². The Hall–Kier alpha value is -1.35. The minimum atomic E-state index is -0.740. The maximum Gasteiger partial charge on any atom is 0.304 e. The van der Waals surface area contributed by atoms with Gasteiger partial charge in [0, 0.05) is 6.04 Å². The number of carboxylic acids is 1. The summed E-state index contributed by atoms with van der Waals surface area (Å²) in [6, 6.07) is 4.37. The lowest BCUT2D eigenvalue weighted by molar-refractivity contribution is -0.138. The molecular formula is C15H23NO2. The third-order valence-electron chi connectivity index (χ3n) is 3.42. The number of likely N-dealkylation sites (N-methyl/N-ethyl adjacent to an activating group) is 1. The van der Waals surface area contributed by atoms with Gasteiger partial charge in [-0.15, -0.1) is 0 Å². The molecule has 0 saturated carbocycles. The molecule has 0 aliphatic carbocycles. The van der Waals surface area contributed by atoms with Gasteiger partial charge in [0.2, 0.25) is 0 Å². The molecule has 0 aliphatic heterocycles. The molecule has 0 amide bonds. The maximum absolute atomic E-state index is 10.9. The predicted molar refractivity (Wildman–Crippen MR) is 74.1 cm³/mol. The van der Waals surface area contributed by atoms with Gasteiger partial charge >= 0.3 is 5.97 Å². The first kappa shape index (κ1) is 14.7. The minimum absolute atomic E-state index is 0.0441. The quantitative estimate of drug-likeness (QED) is 0.872. The molecule has 0 spiro atoms. The summed E-state index contributed by atoms with van der Waals surface area (Å²) in [5.41, 5.74) is 5.04. The summed E-state index contributed by atoms with van der Waals surface area (Å²) in [6.45, 7) is 6.29. The second kappa shape index (κ2) is 6.01. The van der Waals surface area contributed by atoms with Crippen LogP contribution in [0.3, 0.4) is 0 Å². The number of aryl methyl sites for hydroxylation is 3. The summed E-state index contributed by atoms with van der Waals surface area (Å²) in [5.74, 6) is -0.740. The molecule has 1 N–H and O–H groups in total. The molecular weight excluding hydrogens is 226 g/mol. The fourth-order valence-corrected chi connectivity index (χ4v) is 2.41. The van der Waals surface area contributed by atoms with Gasteiger partial charge < -0.3 is 10.0 Å². The van der Waals surface area contributed by atoms with E-state index in [1.54, 1.807) is 0 Å². The van der Waals surface area contributed by atoms with Crippen molar-refractivity contribution in [1.29, 1.82) is 0 Å². The highest BCUT2D eigenvalue weighted by atomic mass is 16.4. The van der Waals surface area contributed by atoms with E-state index in [0.29, 0.717) is 0 Å². The summed E-state index contributed by atoms with van der Waals surface area (Å²) in [5, 5.41) is 8.97. The van der Waals surface area contributed by atoms with Gasteiger partial charge in [0.1, 0.15) is 0 Å². The fourth-order valence-electron chi connectivity index (χ4n) is 2.41. The smallest absolute Gasteiger partial charge is 0.304 e. The first-order chi connectivity index (χ1) is 8.31. The van der Waals surface area contributed by atoms with Crippen molar-refractivity contribution in [2.45, 2.75) is 39.7 Å². The molecule has 1 atom stereocenters. The van der Waals surface area contributed by atoms with Crippen LogP contribution in [0.2, 0.25) is 0 Å². The SMILES string of the molecule is Cc1cc(C)c(CC(CC(=O)O)N(C)C)c(C)c1. The molecule has 0 heterocycles. The number of rotatable bonds is 5. The lowest BCUT2D eigenvalue weighted by atomic mass is 9.93. The van der Waals surface area contributed by atoms with Crippen LogP contribution in [-0.4, -0.2) is 36.1 Å². The van der Waals surface area contributed by atoms with Crippen LogP contribution in [0.4, 0.5) is 0 Å². The average Bonchev–Trinajstić information content (AvgIpc) is 2.20. The van der Waals surface area contributed by atoms with E-state index in [2.05, 4.69) is 32.9 Å². The number of hydrogen-bond acceptors (Lipinski definition) is 2. The van der Waals surface area contributed by atoms with Gasteiger partial charge in [-0.3, -0.25) is 4.79 Å². The van der Waals surface area contributed by atoms with Gasteiger partial charge in [-0.2, -0.15) is 0 Å². The van der Waals surface area contributed by atoms with Crippen molar-refractivity contribution in [2.24, 2.45) is 0 Å². The lowest BCUT2D eigenvalue weighted by Gasteiger charge is -2.24. The third kappa shape index (κ3) is 3.84. The Balaban J connectivity index is 2.97. The van der Waals surface area contributed by atoms with E-state index in [1.807, 2.05) is 19.0 Å². The maximum atomic E-state index is 10.9. The first-order valence-electron chi connectivity index (χ1n) is 6.26. The van der Waals surface area contributed by atoms with E-state index >= 15 is 0 Å². The lowest BCUT2D eigenvalue weighted by Crippen LogP contribution is -2.32. The van der Waals surface area contributed by atoms with Gasteiger partial charge in [-0.05, 0) is 58.0 Å². The zero-order valence-electron chi connectivity index (χ0n) is 11.9. The number of nitrogens with zero attached hydrogens (tertiary/aromatic N) is 1. The molecule has 0 saturated heterocycles. The molecule has 0 aromatic heterocycles. The number of hydrogen-bond donors (Lipinski definition) is 1. The summed E-state index contributed by atoms with van der Waals surface area (Å²) in [4.78, 5) is 12.9. The first-order valence-corrected chi connectivity index (χ1v) is 6.26. The van der Waals surface area contributed by atoms with Crippen LogP contribution in [-0.2, 0) is 11.2 Å². The van der Waals surface area contributed by atoms with Gasteiger partial charge in [0.15, 0.2) is 0 Å². The summed E-state index contributed by atoms with van der Waals surface area (Å²) >= 11 is 0. The normalized spacial score (nSPS) is 12.8. The summed E-state index contributed by atoms with van der Waals surface area (Å²) in [6.07, 6.45) is 0.969. The standard InChI is InChI=1S/C15H23NO2/c1-10-6-11(2)14(12(3)7-10)8-13(16(4)5)9-15(17)18/h6-7,13H,8-9H2,1-5H3,(H,17,18). The molecule has 1 aromatic rings. The molecule has 100 valence electrons. The van der Waals surface area contributed by atoms with Crippen LogP contribution in [0, 0.1) is 20.8 Å².